The van der Waals surface area contributed by atoms with E-state index in [0.717, 1.165) is 13.0 Å². The number of hydrogen-bond acceptors (Lipinski definition) is 3. The Morgan fingerprint density at radius 3 is 3.06 bits per heavy atom. The molecule has 0 aromatic carbocycles. The number of carboxylic acids is 1. The lowest BCUT2D eigenvalue weighted by molar-refractivity contribution is 0.0697. The van der Waals surface area contributed by atoms with Crippen LogP contribution in [0.5, 0.6) is 0 Å². The van der Waals surface area contributed by atoms with E-state index in [1.165, 1.54) is 43.5 Å². The minimum Gasteiger partial charge on any atom is -0.478 e. The van der Waals surface area contributed by atoms with E-state index in [-0.39, 0.29) is 5.56 Å². The van der Waals surface area contributed by atoms with Crippen LogP contribution in [0.2, 0.25) is 0 Å². The lowest BCUT2D eigenvalue weighted by Crippen LogP contribution is -2.07. The van der Waals surface area contributed by atoms with Gasteiger partial charge in [-0.3, -0.25) is 0 Å². The fourth-order valence-corrected chi connectivity index (χ4v) is 2.14. The molecule has 0 saturated heterocycles. The second kappa shape index (κ2) is 6.19. The average molecular weight is 246 g/mol. The number of pyridine rings is 1. The number of nitrogens with zero attached hydrogens (tertiary/aromatic N) is 1. The van der Waals surface area contributed by atoms with Gasteiger partial charge in [0.15, 0.2) is 0 Å². The van der Waals surface area contributed by atoms with Crippen molar-refractivity contribution in [2.24, 2.45) is 0 Å². The standard InChI is InChI=1S/C14H18N2O2/c17-14(18)12-7-9-16-13(10-12)15-8-6-11-4-2-1-3-5-11/h4,7,9-10H,1-3,5-6,8H2,(H,15,16)(H,17,18). The third-order valence-electron chi connectivity index (χ3n) is 3.14. The fraction of sp³-hybridized carbons (Fsp3) is 0.429. The molecule has 18 heavy (non-hydrogen) atoms. The predicted octanol–water partition coefficient (Wildman–Crippen LogP) is 3.08. The van der Waals surface area contributed by atoms with Gasteiger partial charge in [-0.25, -0.2) is 9.78 Å². The Hall–Kier alpha value is -1.84. The Morgan fingerprint density at radius 1 is 1.44 bits per heavy atom. The van der Waals surface area contributed by atoms with Gasteiger partial charge in [-0.1, -0.05) is 11.6 Å². The lowest BCUT2D eigenvalue weighted by atomic mass is 9.97. The van der Waals surface area contributed by atoms with Crippen LogP contribution in [-0.4, -0.2) is 22.6 Å². The van der Waals surface area contributed by atoms with Crippen LogP contribution >= 0.6 is 0 Å². The molecule has 2 N–H and O–H groups in total. The van der Waals surface area contributed by atoms with Crippen LogP contribution in [0.15, 0.2) is 30.0 Å². The molecule has 1 aliphatic carbocycles. The van der Waals surface area contributed by atoms with Crippen molar-refractivity contribution in [1.82, 2.24) is 4.98 Å². The molecular formula is C14H18N2O2. The normalized spacial score (nSPS) is 15.0. The topological polar surface area (TPSA) is 62.2 Å². The first kappa shape index (κ1) is 12.6. The van der Waals surface area contributed by atoms with Gasteiger partial charge >= 0.3 is 5.97 Å². The SMILES string of the molecule is O=C(O)c1ccnc(NCCC2=CCCCC2)c1. The molecule has 1 heterocycles. The van der Waals surface area contributed by atoms with Crippen LogP contribution in [0.4, 0.5) is 5.82 Å². The summed E-state index contributed by atoms with van der Waals surface area (Å²) in [7, 11) is 0. The zero-order valence-electron chi connectivity index (χ0n) is 10.4. The third-order valence-corrected chi connectivity index (χ3v) is 3.14. The minimum atomic E-state index is -0.921. The van der Waals surface area contributed by atoms with Crippen LogP contribution < -0.4 is 5.32 Å². The molecule has 4 nitrogen and oxygen atoms in total. The number of carboxylic acid groups (broad SMARTS) is 1. The molecule has 0 aliphatic heterocycles. The van der Waals surface area contributed by atoms with E-state index in [0.29, 0.717) is 5.82 Å². The summed E-state index contributed by atoms with van der Waals surface area (Å²) in [5.41, 5.74) is 1.77. The maximum atomic E-state index is 10.8. The molecule has 0 amide bonds. The highest BCUT2D eigenvalue weighted by atomic mass is 16.4. The van der Waals surface area contributed by atoms with Gasteiger partial charge in [0.2, 0.25) is 0 Å². The number of carbonyl (C=O) groups is 1. The summed E-state index contributed by atoms with van der Waals surface area (Å²) in [6, 6.07) is 3.06. The lowest BCUT2D eigenvalue weighted by Gasteiger charge is -2.13. The van der Waals surface area contributed by atoms with Crippen LogP contribution in [0.1, 0.15) is 42.5 Å². The van der Waals surface area contributed by atoms with Crippen LogP contribution in [0, 0.1) is 0 Å². The Kier molecular flexibility index (Phi) is 4.34. The van der Waals surface area contributed by atoms with Gasteiger partial charge < -0.3 is 10.4 Å². The number of aromatic nitrogens is 1. The van der Waals surface area contributed by atoms with Crippen molar-refractivity contribution in [2.45, 2.75) is 32.1 Å². The Bertz CT molecular complexity index is 455. The van der Waals surface area contributed by atoms with Gasteiger partial charge in [0.25, 0.3) is 0 Å². The zero-order chi connectivity index (χ0) is 12.8. The molecule has 0 atom stereocenters. The van der Waals surface area contributed by atoms with E-state index in [1.54, 1.807) is 6.07 Å². The number of rotatable bonds is 5. The summed E-state index contributed by atoms with van der Waals surface area (Å²) in [4.78, 5) is 14.9. The second-order valence-corrected chi connectivity index (χ2v) is 4.52. The first-order valence-corrected chi connectivity index (χ1v) is 6.37. The number of hydrogen-bond donors (Lipinski definition) is 2. The van der Waals surface area contributed by atoms with E-state index in [1.807, 2.05) is 0 Å². The highest BCUT2D eigenvalue weighted by Crippen LogP contribution is 2.20. The molecule has 0 bridgehead atoms. The molecule has 1 aromatic rings. The third kappa shape index (κ3) is 3.58. The number of anilines is 1. The maximum absolute atomic E-state index is 10.8. The number of allylic oxidation sites excluding steroid dienone is 1. The highest BCUT2D eigenvalue weighted by Gasteiger charge is 2.05. The zero-order valence-corrected chi connectivity index (χ0v) is 10.4. The van der Waals surface area contributed by atoms with E-state index < -0.39 is 5.97 Å². The summed E-state index contributed by atoms with van der Waals surface area (Å²) < 4.78 is 0. The van der Waals surface area contributed by atoms with Crippen LogP contribution in [0.3, 0.4) is 0 Å². The first-order valence-electron chi connectivity index (χ1n) is 6.37. The first-order chi connectivity index (χ1) is 8.75. The molecule has 0 radical (unpaired) electrons. The summed E-state index contributed by atoms with van der Waals surface area (Å²) in [5.74, 6) is -0.290. The van der Waals surface area contributed by atoms with Crippen molar-refractivity contribution in [3.05, 3.63) is 35.5 Å². The van der Waals surface area contributed by atoms with Gasteiger partial charge in [-0.2, -0.15) is 0 Å². The molecule has 0 unspecified atom stereocenters. The average Bonchev–Trinajstić information content (AvgIpc) is 2.40. The summed E-state index contributed by atoms with van der Waals surface area (Å²) in [5, 5.41) is 12.0. The van der Waals surface area contributed by atoms with Crippen molar-refractivity contribution in [3.8, 4) is 0 Å². The van der Waals surface area contributed by atoms with Crippen LogP contribution in [0.25, 0.3) is 0 Å². The van der Waals surface area contributed by atoms with Gasteiger partial charge in [0, 0.05) is 12.7 Å². The van der Waals surface area contributed by atoms with E-state index in [2.05, 4.69) is 16.4 Å². The largest absolute Gasteiger partial charge is 0.478 e. The molecule has 96 valence electrons. The minimum absolute atomic E-state index is 0.268. The van der Waals surface area contributed by atoms with Gasteiger partial charge in [0.1, 0.15) is 5.82 Å². The highest BCUT2D eigenvalue weighted by molar-refractivity contribution is 5.88. The van der Waals surface area contributed by atoms with Crippen LogP contribution in [-0.2, 0) is 0 Å². The molecule has 4 heteroatoms. The Balaban J connectivity index is 1.84. The second-order valence-electron chi connectivity index (χ2n) is 4.52. The summed E-state index contributed by atoms with van der Waals surface area (Å²) in [6.45, 7) is 0.807. The predicted molar refractivity (Wildman–Crippen MR) is 70.9 cm³/mol. The molecule has 0 spiro atoms. The monoisotopic (exact) mass is 246 g/mol. The number of nitrogens with one attached hydrogen (secondary N) is 1. The van der Waals surface area contributed by atoms with Crippen molar-refractivity contribution in [2.75, 3.05) is 11.9 Å². The smallest absolute Gasteiger partial charge is 0.335 e. The van der Waals surface area contributed by atoms with E-state index >= 15 is 0 Å². The van der Waals surface area contributed by atoms with Gasteiger partial charge in [-0.15, -0.1) is 0 Å². The van der Waals surface area contributed by atoms with E-state index in [9.17, 15) is 4.79 Å². The quantitative estimate of drug-likeness (QED) is 0.784. The van der Waals surface area contributed by atoms with Crippen molar-refractivity contribution in [1.29, 1.82) is 0 Å². The molecule has 0 saturated carbocycles. The molecular weight excluding hydrogens is 228 g/mol. The number of aromatic carboxylic acids is 1. The summed E-state index contributed by atoms with van der Waals surface area (Å²) >= 11 is 0. The fourth-order valence-electron chi connectivity index (χ4n) is 2.14. The summed E-state index contributed by atoms with van der Waals surface area (Å²) in [6.07, 6.45) is 9.85. The Morgan fingerprint density at radius 2 is 2.33 bits per heavy atom. The van der Waals surface area contributed by atoms with E-state index in [4.69, 9.17) is 5.11 Å². The Labute approximate surface area is 107 Å². The molecule has 1 aromatic heterocycles. The molecule has 0 fully saturated rings. The van der Waals surface area contributed by atoms with Gasteiger partial charge in [-0.05, 0) is 44.2 Å². The van der Waals surface area contributed by atoms with Crippen molar-refractivity contribution in [3.63, 3.8) is 0 Å². The molecule has 1 aliphatic rings. The van der Waals surface area contributed by atoms with Crippen molar-refractivity contribution < 1.29 is 9.90 Å². The maximum Gasteiger partial charge on any atom is 0.335 e. The molecule has 2 rings (SSSR count). The van der Waals surface area contributed by atoms with Gasteiger partial charge in [0.05, 0.1) is 5.56 Å². The van der Waals surface area contributed by atoms with Crippen molar-refractivity contribution >= 4 is 11.8 Å².